The number of carbonyl (C=O) groups is 1. The first-order valence-electron chi connectivity index (χ1n) is 10.3. The predicted molar refractivity (Wildman–Crippen MR) is 112 cm³/mol. The van der Waals surface area contributed by atoms with Crippen molar-refractivity contribution in [2.45, 2.75) is 39.0 Å². The first kappa shape index (κ1) is 20.5. The summed E-state index contributed by atoms with van der Waals surface area (Å²) >= 11 is 0. The van der Waals surface area contributed by atoms with Crippen LogP contribution in [0.4, 0.5) is 13.2 Å². The quantitative estimate of drug-likeness (QED) is 0.518. The maximum absolute atomic E-state index is 14.4. The summed E-state index contributed by atoms with van der Waals surface area (Å²) in [5.41, 5.74) is 2.55. The highest BCUT2D eigenvalue weighted by atomic mass is 19.1. The smallest absolute Gasteiger partial charge is 0.220 e. The van der Waals surface area contributed by atoms with Crippen molar-refractivity contribution in [2.24, 2.45) is 11.8 Å². The third kappa shape index (κ3) is 4.09. The van der Waals surface area contributed by atoms with Crippen LogP contribution in [-0.2, 0) is 4.79 Å². The van der Waals surface area contributed by atoms with E-state index < -0.39 is 11.6 Å². The lowest BCUT2D eigenvalue weighted by Gasteiger charge is -2.36. The zero-order valence-electron chi connectivity index (χ0n) is 17.1. The van der Waals surface area contributed by atoms with E-state index in [9.17, 15) is 18.0 Å². The number of aromatic amines is 1. The minimum Gasteiger partial charge on any atom is -0.356 e. The first-order chi connectivity index (χ1) is 14.3. The van der Waals surface area contributed by atoms with Gasteiger partial charge in [0, 0.05) is 24.4 Å². The van der Waals surface area contributed by atoms with Gasteiger partial charge in [0.15, 0.2) is 0 Å². The molecular weight excluding hydrogens is 389 g/mol. The van der Waals surface area contributed by atoms with Crippen LogP contribution in [0, 0.1) is 29.3 Å². The van der Waals surface area contributed by atoms with E-state index in [1.807, 2.05) is 13.8 Å². The minimum absolute atomic E-state index is 0.0525. The van der Waals surface area contributed by atoms with Crippen LogP contribution >= 0.6 is 0 Å². The molecule has 6 heteroatoms. The van der Waals surface area contributed by atoms with Gasteiger partial charge in [0.2, 0.25) is 5.91 Å². The van der Waals surface area contributed by atoms with Gasteiger partial charge in [-0.05, 0) is 72.1 Å². The Hall–Kier alpha value is -2.76. The molecule has 2 aromatic carbocycles. The summed E-state index contributed by atoms with van der Waals surface area (Å²) in [5, 5.41) is 3.51. The Balaban J connectivity index is 1.60. The molecule has 1 amide bonds. The molecule has 0 aliphatic heterocycles. The SMILES string of the molecule is CC(C)CC(=O)NC[C@H]1C[C@@H](c2c(-c3ccc(F)cc3)[nH]c3c(F)cc(F)cc32)C1. The van der Waals surface area contributed by atoms with Crippen LogP contribution in [0.1, 0.15) is 44.6 Å². The summed E-state index contributed by atoms with van der Waals surface area (Å²) < 4.78 is 41.8. The maximum atomic E-state index is 14.4. The Morgan fingerprint density at radius 3 is 2.47 bits per heavy atom. The second-order valence-electron chi connectivity index (χ2n) is 8.67. The number of rotatable bonds is 6. The lowest BCUT2D eigenvalue weighted by Crippen LogP contribution is -2.35. The monoisotopic (exact) mass is 414 g/mol. The number of halogens is 3. The average Bonchev–Trinajstić information content (AvgIpc) is 3.00. The van der Waals surface area contributed by atoms with Gasteiger partial charge in [-0.2, -0.15) is 0 Å². The summed E-state index contributed by atoms with van der Waals surface area (Å²) in [7, 11) is 0. The molecule has 2 N–H and O–H groups in total. The summed E-state index contributed by atoms with van der Waals surface area (Å²) in [6.07, 6.45) is 2.15. The molecular formula is C24H25F3N2O. The fourth-order valence-corrected chi connectivity index (χ4v) is 4.35. The van der Waals surface area contributed by atoms with Gasteiger partial charge in [-0.3, -0.25) is 4.79 Å². The van der Waals surface area contributed by atoms with Gasteiger partial charge in [0.1, 0.15) is 17.5 Å². The van der Waals surface area contributed by atoms with Crippen LogP contribution < -0.4 is 5.32 Å². The zero-order valence-corrected chi connectivity index (χ0v) is 17.1. The van der Waals surface area contributed by atoms with E-state index in [1.165, 1.54) is 18.2 Å². The van der Waals surface area contributed by atoms with Gasteiger partial charge in [-0.1, -0.05) is 13.8 Å². The van der Waals surface area contributed by atoms with E-state index >= 15 is 0 Å². The molecule has 0 unspecified atom stereocenters. The van der Waals surface area contributed by atoms with Crippen LogP contribution in [0.25, 0.3) is 22.2 Å². The van der Waals surface area contributed by atoms with E-state index in [0.29, 0.717) is 35.9 Å². The first-order valence-corrected chi connectivity index (χ1v) is 10.3. The molecule has 30 heavy (non-hydrogen) atoms. The Labute approximate surface area is 173 Å². The second kappa shape index (κ2) is 8.17. The van der Waals surface area contributed by atoms with E-state index in [2.05, 4.69) is 10.3 Å². The van der Waals surface area contributed by atoms with Crippen LogP contribution in [0.2, 0.25) is 0 Å². The molecule has 3 nitrogen and oxygen atoms in total. The molecule has 1 fully saturated rings. The van der Waals surface area contributed by atoms with Crippen molar-refractivity contribution in [1.29, 1.82) is 0 Å². The molecule has 0 radical (unpaired) electrons. The van der Waals surface area contributed by atoms with Crippen molar-refractivity contribution in [3.05, 3.63) is 59.4 Å². The number of aromatic nitrogens is 1. The molecule has 1 saturated carbocycles. The maximum Gasteiger partial charge on any atom is 0.220 e. The van der Waals surface area contributed by atoms with E-state index in [4.69, 9.17) is 0 Å². The van der Waals surface area contributed by atoms with Gasteiger partial charge in [0.05, 0.1) is 11.2 Å². The Kier molecular flexibility index (Phi) is 5.58. The van der Waals surface area contributed by atoms with Crippen LogP contribution in [0.5, 0.6) is 0 Å². The molecule has 0 spiro atoms. The third-order valence-electron chi connectivity index (χ3n) is 5.82. The molecule has 1 aliphatic rings. The summed E-state index contributed by atoms with van der Waals surface area (Å²) in [5.74, 6) is -0.804. The number of nitrogens with one attached hydrogen (secondary N) is 2. The summed E-state index contributed by atoms with van der Waals surface area (Å²) in [6.45, 7) is 4.62. The molecule has 1 aromatic heterocycles. The van der Waals surface area contributed by atoms with Crippen molar-refractivity contribution in [1.82, 2.24) is 10.3 Å². The van der Waals surface area contributed by atoms with Crippen LogP contribution in [-0.4, -0.2) is 17.4 Å². The predicted octanol–water partition coefficient (Wildman–Crippen LogP) is 5.91. The largest absolute Gasteiger partial charge is 0.356 e. The van der Waals surface area contributed by atoms with Crippen molar-refractivity contribution in [3.8, 4) is 11.3 Å². The summed E-state index contributed by atoms with van der Waals surface area (Å²) in [6, 6.07) is 8.21. The lowest BCUT2D eigenvalue weighted by atomic mass is 9.70. The molecule has 1 heterocycles. The Morgan fingerprint density at radius 1 is 1.10 bits per heavy atom. The Bertz CT molecular complexity index is 1070. The molecule has 0 bridgehead atoms. The number of fused-ring (bicyclic) bond motifs is 1. The molecule has 0 atom stereocenters. The highest BCUT2D eigenvalue weighted by Crippen LogP contribution is 2.48. The Morgan fingerprint density at radius 2 is 1.80 bits per heavy atom. The number of hydrogen-bond donors (Lipinski definition) is 2. The number of H-pyrrole nitrogens is 1. The standard InChI is InChI=1S/C24H25F3N2O/c1-13(2)7-21(30)28-12-14-8-16(9-14)22-19-10-18(26)11-20(27)24(19)29-23(22)15-3-5-17(25)6-4-15/h3-6,10-11,13-14,16,29H,7-9,12H2,1-2H3,(H,28,30)/t14-,16+. The molecule has 0 saturated heterocycles. The summed E-state index contributed by atoms with van der Waals surface area (Å²) in [4.78, 5) is 15.0. The number of benzene rings is 2. The highest BCUT2D eigenvalue weighted by Gasteiger charge is 2.34. The third-order valence-corrected chi connectivity index (χ3v) is 5.82. The normalized spacial score (nSPS) is 18.6. The average molecular weight is 414 g/mol. The van der Waals surface area contributed by atoms with Crippen LogP contribution in [0.15, 0.2) is 36.4 Å². The minimum atomic E-state index is -0.642. The van der Waals surface area contributed by atoms with E-state index in [-0.39, 0.29) is 23.2 Å². The van der Waals surface area contributed by atoms with Crippen molar-refractivity contribution >= 4 is 16.8 Å². The lowest BCUT2D eigenvalue weighted by molar-refractivity contribution is -0.122. The number of hydrogen-bond acceptors (Lipinski definition) is 1. The zero-order chi connectivity index (χ0) is 21.4. The number of carbonyl (C=O) groups excluding carboxylic acids is 1. The fraction of sp³-hybridized carbons (Fsp3) is 0.375. The molecule has 3 aromatic rings. The topological polar surface area (TPSA) is 44.9 Å². The van der Waals surface area contributed by atoms with Crippen molar-refractivity contribution in [2.75, 3.05) is 6.54 Å². The van der Waals surface area contributed by atoms with Crippen molar-refractivity contribution in [3.63, 3.8) is 0 Å². The van der Waals surface area contributed by atoms with Gasteiger partial charge < -0.3 is 10.3 Å². The number of amides is 1. The van der Waals surface area contributed by atoms with E-state index in [0.717, 1.165) is 30.0 Å². The van der Waals surface area contributed by atoms with Crippen molar-refractivity contribution < 1.29 is 18.0 Å². The highest BCUT2D eigenvalue weighted by molar-refractivity contribution is 5.92. The fourth-order valence-electron chi connectivity index (χ4n) is 4.35. The van der Waals surface area contributed by atoms with Crippen LogP contribution in [0.3, 0.4) is 0 Å². The second-order valence-corrected chi connectivity index (χ2v) is 8.67. The molecule has 1 aliphatic carbocycles. The van der Waals surface area contributed by atoms with Gasteiger partial charge in [-0.25, -0.2) is 13.2 Å². The van der Waals surface area contributed by atoms with E-state index in [1.54, 1.807) is 12.1 Å². The van der Waals surface area contributed by atoms with Gasteiger partial charge in [-0.15, -0.1) is 0 Å². The molecule has 158 valence electrons. The molecule has 4 rings (SSSR count). The van der Waals surface area contributed by atoms with Gasteiger partial charge in [0.25, 0.3) is 0 Å². The van der Waals surface area contributed by atoms with Gasteiger partial charge >= 0.3 is 0 Å².